The van der Waals surface area contributed by atoms with Crippen molar-refractivity contribution in [3.63, 3.8) is 0 Å². The van der Waals surface area contributed by atoms with Gasteiger partial charge in [-0.25, -0.2) is 0 Å². The second kappa shape index (κ2) is 8.66. The van der Waals surface area contributed by atoms with Crippen LogP contribution in [0, 0.1) is 5.92 Å². The maximum Gasteiger partial charge on any atom is 0.290 e. The summed E-state index contributed by atoms with van der Waals surface area (Å²) in [7, 11) is 3.15. The van der Waals surface area contributed by atoms with E-state index in [1.165, 1.54) is 0 Å². The third-order valence-corrected chi connectivity index (χ3v) is 5.23. The Hall–Kier alpha value is -1.90. The molecule has 0 aromatic heterocycles. The van der Waals surface area contributed by atoms with Crippen LogP contribution in [0.15, 0.2) is 17.0 Å². The van der Waals surface area contributed by atoms with Gasteiger partial charge in [0.15, 0.2) is 11.5 Å². The molecule has 2 aliphatic rings. The highest BCUT2D eigenvalue weighted by molar-refractivity contribution is 8.18. The molecule has 2 saturated heterocycles. The fraction of sp³-hybridized carbons (Fsp3) is 0.412. The van der Waals surface area contributed by atoms with E-state index in [9.17, 15) is 9.59 Å². The van der Waals surface area contributed by atoms with E-state index >= 15 is 0 Å². The number of thioether (sulfide) groups is 1. The molecule has 0 radical (unpaired) electrons. The van der Waals surface area contributed by atoms with E-state index in [2.05, 4.69) is 10.2 Å². The number of rotatable bonds is 5. The molecule has 1 aromatic rings. The molecule has 0 spiro atoms. The standard InChI is InChI=1S/C17H21N3O4S.ClH/c1-23-13-5-11(6-15-16(21)19-17(22)25-15)12(7-14(13)24-2)20-4-3-10(8-18)9-20;/h5-7,10H,3-4,8-9,18H2,1-2H3,(H,19,21,22);1H. The number of carbonyl (C=O) groups excluding carboxylic acids is 2. The number of hydrogen-bond donors (Lipinski definition) is 2. The van der Waals surface area contributed by atoms with Gasteiger partial charge in [-0.1, -0.05) is 0 Å². The minimum atomic E-state index is -0.378. The van der Waals surface area contributed by atoms with E-state index in [0.29, 0.717) is 28.9 Å². The monoisotopic (exact) mass is 399 g/mol. The quantitative estimate of drug-likeness (QED) is 0.733. The molecular formula is C17H22ClN3O4S. The lowest BCUT2D eigenvalue weighted by Crippen LogP contribution is -2.23. The number of carbonyl (C=O) groups is 2. The van der Waals surface area contributed by atoms with Crippen molar-refractivity contribution in [1.29, 1.82) is 0 Å². The number of halogens is 1. The Morgan fingerprint density at radius 1 is 1.31 bits per heavy atom. The van der Waals surface area contributed by atoms with Crippen molar-refractivity contribution in [1.82, 2.24) is 5.32 Å². The van der Waals surface area contributed by atoms with Crippen LogP contribution in [0.3, 0.4) is 0 Å². The lowest BCUT2D eigenvalue weighted by molar-refractivity contribution is -0.115. The third kappa shape index (κ3) is 4.08. The minimum absolute atomic E-state index is 0. The first-order valence-electron chi connectivity index (χ1n) is 8.01. The topological polar surface area (TPSA) is 93.9 Å². The highest BCUT2D eigenvalue weighted by Crippen LogP contribution is 2.39. The maximum absolute atomic E-state index is 11.9. The number of amides is 2. The Kier molecular flexibility index (Phi) is 6.80. The van der Waals surface area contributed by atoms with Gasteiger partial charge in [0.25, 0.3) is 11.1 Å². The number of hydrogen-bond acceptors (Lipinski definition) is 7. The van der Waals surface area contributed by atoms with Gasteiger partial charge in [-0.3, -0.25) is 14.9 Å². The van der Waals surface area contributed by atoms with Crippen molar-refractivity contribution in [2.75, 3.05) is 38.8 Å². The molecule has 1 aromatic carbocycles. The van der Waals surface area contributed by atoms with Gasteiger partial charge in [0.1, 0.15) is 0 Å². The van der Waals surface area contributed by atoms with Crippen LogP contribution in [0.4, 0.5) is 10.5 Å². The zero-order chi connectivity index (χ0) is 18.0. The molecule has 0 bridgehead atoms. The molecule has 9 heteroatoms. The lowest BCUT2D eigenvalue weighted by atomic mass is 10.1. The van der Waals surface area contributed by atoms with Crippen LogP contribution in [0.1, 0.15) is 12.0 Å². The number of anilines is 1. The third-order valence-electron chi connectivity index (χ3n) is 4.42. The van der Waals surface area contributed by atoms with Gasteiger partial charge in [-0.15, -0.1) is 12.4 Å². The van der Waals surface area contributed by atoms with Crippen LogP contribution in [-0.4, -0.2) is 45.0 Å². The first kappa shape index (κ1) is 20.4. The van der Waals surface area contributed by atoms with Crippen LogP contribution in [0.25, 0.3) is 6.08 Å². The highest BCUT2D eigenvalue weighted by Gasteiger charge is 2.28. The van der Waals surface area contributed by atoms with Crippen molar-refractivity contribution < 1.29 is 19.1 Å². The van der Waals surface area contributed by atoms with E-state index in [0.717, 1.165) is 42.5 Å². The molecule has 3 rings (SSSR count). The van der Waals surface area contributed by atoms with Crippen molar-refractivity contribution in [2.24, 2.45) is 11.7 Å². The van der Waals surface area contributed by atoms with E-state index < -0.39 is 0 Å². The Balaban J connectivity index is 0.00000243. The second-order valence-corrected chi connectivity index (χ2v) is 6.97. The fourth-order valence-corrected chi connectivity index (χ4v) is 3.75. The Bertz CT molecular complexity index is 741. The van der Waals surface area contributed by atoms with Crippen molar-refractivity contribution in [3.05, 3.63) is 22.6 Å². The van der Waals surface area contributed by atoms with E-state index in [1.807, 2.05) is 12.1 Å². The van der Waals surface area contributed by atoms with Gasteiger partial charge in [-0.05, 0) is 42.8 Å². The Morgan fingerprint density at radius 2 is 2.00 bits per heavy atom. The summed E-state index contributed by atoms with van der Waals surface area (Å²) >= 11 is 0.899. The van der Waals surface area contributed by atoms with E-state index in [-0.39, 0.29) is 23.6 Å². The number of methoxy groups -OCH3 is 2. The molecule has 26 heavy (non-hydrogen) atoms. The van der Waals surface area contributed by atoms with Crippen molar-refractivity contribution in [2.45, 2.75) is 6.42 Å². The number of nitrogens with one attached hydrogen (secondary N) is 1. The first-order valence-corrected chi connectivity index (χ1v) is 8.83. The van der Waals surface area contributed by atoms with Crippen LogP contribution in [-0.2, 0) is 4.79 Å². The second-order valence-electron chi connectivity index (χ2n) is 5.95. The minimum Gasteiger partial charge on any atom is -0.493 e. The van der Waals surface area contributed by atoms with Gasteiger partial charge >= 0.3 is 0 Å². The van der Waals surface area contributed by atoms with Crippen molar-refractivity contribution >= 4 is 47.1 Å². The zero-order valence-corrected chi connectivity index (χ0v) is 16.2. The zero-order valence-electron chi connectivity index (χ0n) is 14.6. The van der Waals surface area contributed by atoms with Gasteiger partial charge in [0, 0.05) is 30.4 Å². The van der Waals surface area contributed by atoms with E-state index in [1.54, 1.807) is 20.3 Å². The molecule has 0 saturated carbocycles. The van der Waals surface area contributed by atoms with Crippen molar-refractivity contribution in [3.8, 4) is 11.5 Å². The number of ether oxygens (including phenoxy) is 2. The van der Waals surface area contributed by atoms with Crippen LogP contribution in [0.2, 0.25) is 0 Å². The predicted octanol–water partition coefficient (Wildman–Crippen LogP) is 2.23. The highest BCUT2D eigenvalue weighted by atomic mass is 35.5. The van der Waals surface area contributed by atoms with E-state index in [4.69, 9.17) is 15.2 Å². The fourth-order valence-electron chi connectivity index (χ4n) is 3.08. The number of benzene rings is 1. The smallest absolute Gasteiger partial charge is 0.290 e. The molecule has 2 aliphatic heterocycles. The van der Waals surface area contributed by atoms with Crippen LogP contribution in [0.5, 0.6) is 11.5 Å². The van der Waals surface area contributed by atoms with Gasteiger partial charge < -0.3 is 20.1 Å². The average molecular weight is 400 g/mol. The number of nitrogens with zero attached hydrogens (tertiary/aromatic N) is 1. The predicted molar refractivity (Wildman–Crippen MR) is 105 cm³/mol. The average Bonchev–Trinajstić information content (AvgIpc) is 3.20. The summed E-state index contributed by atoms with van der Waals surface area (Å²) in [4.78, 5) is 25.9. The molecule has 3 N–H and O–H groups in total. The number of imide groups is 1. The normalized spacial score (nSPS) is 21.0. The first-order chi connectivity index (χ1) is 12.0. The summed E-state index contributed by atoms with van der Waals surface area (Å²) in [5.74, 6) is 1.26. The van der Waals surface area contributed by atoms with Crippen LogP contribution >= 0.6 is 24.2 Å². The largest absolute Gasteiger partial charge is 0.493 e. The van der Waals surface area contributed by atoms with Crippen LogP contribution < -0.4 is 25.4 Å². The summed E-state index contributed by atoms with van der Waals surface area (Å²) in [5.41, 5.74) is 7.55. The lowest BCUT2D eigenvalue weighted by Gasteiger charge is -2.23. The maximum atomic E-state index is 11.9. The number of nitrogens with two attached hydrogens (primary N) is 1. The van der Waals surface area contributed by atoms with Gasteiger partial charge in [-0.2, -0.15) is 0 Å². The molecule has 1 unspecified atom stereocenters. The van der Waals surface area contributed by atoms with Gasteiger partial charge in [0.2, 0.25) is 0 Å². The summed E-state index contributed by atoms with van der Waals surface area (Å²) in [6.07, 6.45) is 2.74. The molecule has 0 aliphatic carbocycles. The molecule has 2 heterocycles. The summed E-state index contributed by atoms with van der Waals surface area (Å²) in [6, 6.07) is 3.73. The molecule has 2 fully saturated rings. The molecule has 2 amide bonds. The molecule has 142 valence electrons. The summed E-state index contributed by atoms with van der Waals surface area (Å²) in [6.45, 7) is 2.37. The molecule has 7 nitrogen and oxygen atoms in total. The summed E-state index contributed by atoms with van der Waals surface area (Å²) in [5, 5.41) is 1.92. The molecule has 1 atom stereocenters. The SMILES string of the molecule is COc1cc(C=C2SC(=O)NC2=O)c(N2CCC(CN)C2)cc1OC.Cl. The summed E-state index contributed by atoms with van der Waals surface area (Å²) < 4.78 is 10.8. The van der Waals surface area contributed by atoms with Gasteiger partial charge in [0.05, 0.1) is 19.1 Å². The molecular weight excluding hydrogens is 378 g/mol. The Labute approximate surface area is 162 Å². The Morgan fingerprint density at radius 3 is 2.54 bits per heavy atom.